The van der Waals surface area contributed by atoms with Gasteiger partial charge < -0.3 is 15.4 Å². The van der Waals surface area contributed by atoms with Crippen molar-refractivity contribution < 1.29 is 13.9 Å². The third-order valence-electron chi connectivity index (χ3n) is 5.19. The van der Waals surface area contributed by atoms with E-state index in [0.29, 0.717) is 31.1 Å². The van der Waals surface area contributed by atoms with Crippen molar-refractivity contribution in [1.82, 2.24) is 4.90 Å². The van der Waals surface area contributed by atoms with Gasteiger partial charge in [-0.15, -0.1) is 12.4 Å². The quantitative estimate of drug-likeness (QED) is 0.552. The van der Waals surface area contributed by atoms with Crippen LogP contribution in [-0.4, -0.2) is 30.5 Å². The molecule has 1 amide bonds. The van der Waals surface area contributed by atoms with Gasteiger partial charge in [-0.25, -0.2) is 4.39 Å². The van der Waals surface area contributed by atoms with Crippen LogP contribution in [0.15, 0.2) is 22.7 Å². The standard InChI is InChI=1S/C21H26BrFN2O2S.ClH/c1-3-10-27-21-18(22)13(2)19(28-21)20(26)25-8-6-15(7-9-25)16-11-14(12-24)4-5-17(16)23;/h4-5,11,15H,3,6-10,12,24H2,1-2H3;1H. The van der Waals surface area contributed by atoms with Crippen LogP contribution in [0.25, 0.3) is 0 Å². The van der Waals surface area contributed by atoms with Crippen molar-refractivity contribution in [2.75, 3.05) is 19.7 Å². The summed E-state index contributed by atoms with van der Waals surface area (Å²) in [5, 5.41) is 0.762. The van der Waals surface area contributed by atoms with Crippen molar-refractivity contribution in [2.24, 2.45) is 5.73 Å². The molecule has 3 rings (SSSR count). The van der Waals surface area contributed by atoms with E-state index in [1.165, 1.54) is 17.4 Å². The van der Waals surface area contributed by atoms with E-state index < -0.39 is 0 Å². The Morgan fingerprint density at radius 3 is 2.69 bits per heavy atom. The van der Waals surface area contributed by atoms with Crippen LogP contribution in [-0.2, 0) is 6.54 Å². The minimum absolute atomic E-state index is 0. The fourth-order valence-corrected chi connectivity index (χ4v) is 5.26. The van der Waals surface area contributed by atoms with Gasteiger partial charge in [0.2, 0.25) is 0 Å². The molecule has 0 unspecified atom stereocenters. The van der Waals surface area contributed by atoms with E-state index in [0.717, 1.165) is 45.5 Å². The summed E-state index contributed by atoms with van der Waals surface area (Å²) in [5.74, 6) is -0.0305. The second-order valence-electron chi connectivity index (χ2n) is 7.13. The first kappa shape index (κ1) is 24.1. The second kappa shape index (κ2) is 10.8. The number of piperidine rings is 1. The molecule has 4 nitrogen and oxygen atoms in total. The largest absolute Gasteiger partial charge is 0.483 e. The van der Waals surface area contributed by atoms with Crippen LogP contribution in [0, 0.1) is 12.7 Å². The first-order chi connectivity index (χ1) is 13.5. The molecule has 0 saturated carbocycles. The van der Waals surface area contributed by atoms with Gasteiger partial charge in [-0.3, -0.25) is 4.79 Å². The molecule has 1 aromatic heterocycles. The van der Waals surface area contributed by atoms with E-state index in [1.807, 2.05) is 17.9 Å². The molecular weight excluding hydrogens is 479 g/mol. The Bertz CT molecular complexity index is 853. The Morgan fingerprint density at radius 1 is 1.38 bits per heavy atom. The van der Waals surface area contributed by atoms with E-state index >= 15 is 0 Å². The molecule has 160 valence electrons. The summed E-state index contributed by atoms with van der Waals surface area (Å²) in [6.07, 6.45) is 2.42. The summed E-state index contributed by atoms with van der Waals surface area (Å²) in [6, 6.07) is 5.10. The van der Waals surface area contributed by atoms with E-state index in [9.17, 15) is 9.18 Å². The van der Waals surface area contributed by atoms with Crippen LogP contribution in [0.1, 0.15) is 58.5 Å². The summed E-state index contributed by atoms with van der Waals surface area (Å²) in [7, 11) is 0. The molecule has 8 heteroatoms. The first-order valence-corrected chi connectivity index (χ1v) is 11.3. The van der Waals surface area contributed by atoms with Gasteiger partial charge in [0.15, 0.2) is 5.06 Å². The fourth-order valence-electron chi connectivity index (χ4n) is 3.53. The topological polar surface area (TPSA) is 55.6 Å². The fraction of sp³-hybridized carbons (Fsp3) is 0.476. The Morgan fingerprint density at radius 2 is 2.07 bits per heavy atom. The van der Waals surface area contributed by atoms with Gasteiger partial charge in [0.1, 0.15) is 5.82 Å². The van der Waals surface area contributed by atoms with Crippen molar-refractivity contribution in [2.45, 2.75) is 45.6 Å². The molecule has 0 spiro atoms. The SMILES string of the molecule is CCCOc1sc(C(=O)N2CCC(c3cc(CN)ccc3F)CC2)c(C)c1Br.Cl. The highest BCUT2D eigenvalue weighted by Crippen LogP contribution is 2.40. The van der Waals surface area contributed by atoms with Gasteiger partial charge in [-0.05, 0) is 70.8 Å². The minimum atomic E-state index is -0.183. The second-order valence-corrected chi connectivity index (χ2v) is 8.91. The monoisotopic (exact) mass is 504 g/mol. The number of likely N-dealkylation sites (tertiary alicyclic amines) is 1. The Balaban J connectivity index is 0.00000300. The zero-order valence-electron chi connectivity index (χ0n) is 16.7. The van der Waals surface area contributed by atoms with Gasteiger partial charge in [-0.1, -0.05) is 30.4 Å². The van der Waals surface area contributed by atoms with E-state index in [2.05, 4.69) is 22.9 Å². The molecule has 1 aliphatic rings. The number of halogens is 3. The summed E-state index contributed by atoms with van der Waals surface area (Å²) >= 11 is 4.95. The maximum absolute atomic E-state index is 14.3. The van der Waals surface area contributed by atoms with Crippen molar-refractivity contribution in [3.8, 4) is 5.06 Å². The van der Waals surface area contributed by atoms with E-state index in [-0.39, 0.29) is 30.0 Å². The number of amides is 1. The number of nitrogens with two attached hydrogens (primary N) is 1. The number of carbonyl (C=O) groups excluding carboxylic acids is 1. The predicted octanol–water partition coefficient (Wildman–Crippen LogP) is 5.65. The van der Waals surface area contributed by atoms with E-state index in [4.69, 9.17) is 10.5 Å². The van der Waals surface area contributed by atoms with Gasteiger partial charge in [0.05, 0.1) is 16.0 Å². The number of hydrogen-bond acceptors (Lipinski definition) is 4. The lowest BCUT2D eigenvalue weighted by molar-refractivity contribution is 0.0716. The Hall–Kier alpha value is -1.15. The van der Waals surface area contributed by atoms with Gasteiger partial charge in [0.25, 0.3) is 5.91 Å². The van der Waals surface area contributed by atoms with Crippen LogP contribution in [0.4, 0.5) is 4.39 Å². The maximum Gasteiger partial charge on any atom is 0.264 e. The number of benzene rings is 1. The van der Waals surface area contributed by atoms with Gasteiger partial charge in [-0.2, -0.15) is 0 Å². The molecule has 2 aromatic rings. The molecule has 1 fully saturated rings. The number of rotatable bonds is 6. The highest BCUT2D eigenvalue weighted by Gasteiger charge is 2.29. The zero-order valence-corrected chi connectivity index (χ0v) is 19.9. The number of nitrogens with zero attached hydrogens (tertiary/aromatic N) is 1. The average molecular weight is 506 g/mol. The lowest BCUT2D eigenvalue weighted by Crippen LogP contribution is -2.38. The first-order valence-electron chi connectivity index (χ1n) is 9.65. The Labute approximate surface area is 190 Å². The molecule has 29 heavy (non-hydrogen) atoms. The molecule has 0 aliphatic carbocycles. The van der Waals surface area contributed by atoms with Gasteiger partial charge in [0, 0.05) is 19.6 Å². The van der Waals surface area contributed by atoms with Crippen molar-refractivity contribution in [3.05, 3.63) is 50.1 Å². The normalized spacial score (nSPS) is 14.6. The van der Waals surface area contributed by atoms with Crippen LogP contribution >= 0.6 is 39.7 Å². The maximum atomic E-state index is 14.3. The van der Waals surface area contributed by atoms with Crippen molar-refractivity contribution >= 4 is 45.6 Å². The minimum Gasteiger partial charge on any atom is -0.483 e. The number of hydrogen-bond donors (Lipinski definition) is 1. The van der Waals surface area contributed by atoms with Crippen molar-refractivity contribution in [3.63, 3.8) is 0 Å². The average Bonchev–Trinajstić information content (AvgIpc) is 3.00. The van der Waals surface area contributed by atoms with Crippen LogP contribution in [0.3, 0.4) is 0 Å². The number of thiophene rings is 1. The lowest BCUT2D eigenvalue weighted by atomic mass is 9.88. The molecule has 2 N–H and O–H groups in total. The van der Waals surface area contributed by atoms with Gasteiger partial charge >= 0.3 is 0 Å². The third kappa shape index (κ3) is 5.32. The predicted molar refractivity (Wildman–Crippen MR) is 122 cm³/mol. The number of carbonyl (C=O) groups is 1. The smallest absolute Gasteiger partial charge is 0.264 e. The summed E-state index contributed by atoms with van der Waals surface area (Å²) in [5.41, 5.74) is 8.28. The van der Waals surface area contributed by atoms with Crippen molar-refractivity contribution in [1.29, 1.82) is 0 Å². The van der Waals surface area contributed by atoms with E-state index in [1.54, 1.807) is 6.07 Å². The molecule has 0 bridgehead atoms. The zero-order chi connectivity index (χ0) is 20.3. The summed E-state index contributed by atoms with van der Waals surface area (Å²) < 4.78 is 20.9. The molecule has 0 atom stereocenters. The molecule has 2 heterocycles. The molecule has 1 aliphatic heterocycles. The lowest BCUT2D eigenvalue weighted by Gasteiger charge is -2.32. The molecule has 0 radical (unpaired) electrons. The molecular formula is C21H27BrClFN2O2S. The third-order valence-corrected chi connectivity index (χ3v) is 7.60. The van der Waals surface area contributed by atoms with Crippen LogP contribution in [0.5, 0.6) is 5.06 Å². The summed E-state index contributed by atoms with van der Waals surface area (Å²) in [4.78, 5) is 15.6. The molecule has 1 aromatic carbocycles. The number of ether oxygens (including phenoxy) is 1. The highest BCUT2D eigenvalue weighted by atomic mass is 79.9. The van der Waals surface area contributed by atoms with Crippen LogP contribution < -0.4 is 10.5 Å². The summed E-state index contributed by atoms with van der Waals surface area (Å²) in [6.45, 7) is 6.26. The Kier molecular flexibility index (Phi) is 8.94. The molecule has 1 saturated heterocycles. The van der Waals surface area contributed by atoms with Crippen LogP contribution in [0.2, 0.25) is 0 Å². The highest BCUT2D eigenvalue weighted by molar-refractivity contribution is 9.10.